The molecular formula is C12H14ClFN4. The number of nitrogens with one attached hydrogen (secondary N) is 1. The zero-order chi connectivity index (χ0) is 13.0. The Bertz CT molecular complexity index is 527. The lowest BCUT2D eigenvalue weighted by Crippen LogP contribution is -2.17. The fourth-order valence-corrected chi connectivity index (χ4v) is 1.79. The van der Waals surface area contributed by atoms with Gasteiger partial charge in [0.2, 0.25) is 0 Å². The molecule has 6 heteroatoms. The highest BCUT2D eigenvalue weighted by atomic mass is 35.5. The molecule has 0 saturated carbocycles. The highest BCUT2D eigenvalue weighted by Gasteiger charge is 2.11. The van der Waals surface area contributed by atoms with Gasteiger partial charge in [-0.25, -0.2) is 9.07 Å². The van der Waals surface area contributed by atoms with E-state index in [1.807, 2.05) is 0 Å². The second-order valence-electron chi connectivity index (χ2n) is 3.91. The second kappa shape index (κ2) is 5.93. The molecule has 0 aliphatic heterocycles. The summed E-state index contributed by atoms with van der Waals surface area (Å²) >= 11 is 5.87. The van der Waals surface area contributed by atoms with E-state index in [2.05, 4.69) is 22.6 Å². The van der Waals surface area contributed by atoms with Gasteiger partial charge in [-0.2, -0.15) is 0 Å². The zero-order valence-electron chi connectivity index (χ0n) is 10.0. The van der Waals surface area contributed by atoms with E-state index < -0.39 is 0 Å². The number of aromatic nitrogens is 3. The van der Waals surface area contributed by atoms with E-state index in [1.54, 1.807) is 6.20 Å². The third kappa shape index (κ3) is 2.86. The van der Waals surface area contributed by atoms with Gasteiger partial charge in [0.05, 0.1) is 11.9 Å². The van der Waals surface area contributed by atoms with Crippen LogP contribution < -0.4 is 5.32 Å². The van der Waals surface area contributed by atoms with Gasteiger partial charge in [0.1, 0.15) is 11.5 Å². The molecule has 2 aromatic rings. The number of hydrogen-bond donors (Lipinski definition) is 1. The van der Waals surface area contributed by atoms with Crippen LogP contribution in [-0.2, 0) is 6.54 Å². The first-order chi connectivity index (χ1) is 8.72. The molecule has 0 spiro atoms. The van der Waals surface area contributed by atoms with Crippen LogP contribution in [0, 0.1) is 5.82 Å². The Labute approximate surface area is 110 Å². The van der Waals surface area contributed by atoms with Gasteiger partial charge < -0.3 is 5.32 Å². The third-order valence-electron chi connectivity index (χ3n) is 2.49. The fourth-order valence-electron chi connectivity index (χ4n) is 1.62. The second-order valence-corrected chi connectivity index (χ2v) is 4.35. The van der Waals surface area contributed by atoms with Crippen LogP contribution in [0.4, 0.5) is 4.39 Å². The van der Waals surface area contributed by atoms with Crippen molar-refractivity contribution in [3.8, 4) is 5.69 Å². The summed E-state index contributed by atoms with van der Waals surface area (Å²) in [6, 6.07) is 4.36. The Morgan fingerprint density at radius 3 is 3.06 bits per heavy atom. The molecule has 0 atom stereocenters. The molecule has 0 unspecified atom stereocenters. The molecule has 0 bridgehead atoms. The van der Waals surface area contributed by atoms with Gasteiger partial charge in [-0.15, -0.1) is 5.10 Å². The van der Waals surface area contributed by atoms with Gasteiger partial charge >= 0.3 is 0 Å². The first kappa shape index (κ1) is 13.0. The quantitative estimate of drug-likeness (QED) is 0.848. The predicted molar refractivity (Wildman–Crippen MR) is 68.3 cm³/mol. The monoisotopic (exact) mass is 268 g/mol. The third-order valence-corrected chi connectivity index (χ3v) is 2.72. The first-order valence-corrected chi connectivity index (χ1v) is 6.16. The topological polar surface area (TPSA) is 42.7 Å². The maximum absolute atomic E-state index is 13.7. The van der Waals surface area contributed by atoms with Crippen LogP contribution in [0.1, 0.15) is 19.0 Å². The fraction of sp³-hybridized carbons (Fsp3) is 0.333. The van der Waals surface area contributed by atoms with Crippen molar-refractivity contribution in [3.05, 3.63) is 40.9 Å². The van der Waals surface area contributed by atoms with Crippen molar-refractivity contribution in [2.45, 2.75) is 19.9 Å². The van der Waals surface area contributed by atoms with Crippen LogP contribution in [0.25, 0.3) is 5.69 Å². The van der Waals surface area contributed by atoms with Gasteiger partial charge in [-0.05, 0) is 31.2 Å². The lowest BCUT2D eigenvalue weighted by atomic mass is 10.3. The molecule has 1 heterocycles. The Morgan fingerprint density at radius 1 is 1.44 bits per heavy atom. The molecule has 1 aromatic carbocycles. The standard InChI is InChI=1S/C12H14ClFN4/c1-2-5-15-7-10-8-16-17-18(10)12-6-9(13)3-4-11(12)14/h3-4,6,8,15H,2,5,7H2,1H3. The molecule has 2 rings (SSSR count). The molecule has 0 aliphatic rings. The van der Waals surface area contributed by atoms with Gasteiger partial charge in [-0.1, -0.05) is 23.7 Å². The van der Waals surface area contributed by atoms with Crippen molar-refractivity contribution in [2.75, 3.05) is 6.54 Å². The molecule has 0 aliphatic carbocycles. The van der Waals surface area contributed by atoms with E-state index in [0.717, 1.165) is 18.7 Å². The Morgan fingerprint density at radius 2 is 2.28 bits per heavy atom. The van der Waals surface area contributed by atoms with E-state index >= 15 is 0 Å². The highest BCUT2D eigenvalue weighted by molar-refractivity contribution is 6.30. The van der Waals surface area contributed by atoms with Crippen molar-refractivity contribution >= 4 is 11.6 Å². The maximum Gasteiger partial charge on any atom is 0.149 e. The smallest absolute Gasteiger partial charge is 0.149 e. The van der Waals surface area contributed by atoms with E-state index in [0.29, 0.717) is 17.3 Å². The Balaban J connectivity index is 2.27. The van der Waals surface area contributed by atoms with Crippen LogP contribution >= 0.6 is 11.6 Å². The molecule has 0 fully saturated rings. The van der Waals surface area contributed by atoms with E-state index in [9.17, 15) is 4.39 Å². The Kier molecular flexibility index (Phi) is 4.28. The normalized spacial score (nSPS) is 10.8. The Hall–Kier alpha value is -1.46. The van der Waals surface area contributed by atoms with Crippen LogP contribution in [-0.4, -0.2) is 21.5 Å². The summed E-state index contributed by atoms with van der Waals surface area (Å²) in [4.78, 5) is 0. The molecule has 0 radical (unpaired) electrons. The predicted octanol–water partition coefficient (Wildman–Crippen LogP) is 2.56. The van der Waals surface area contributed by atoms with Crippen molar-refractivity contribution in [1.29, 1.82) is 0 Å². The average molecular weight is 269 g/mol. The minimum Gasteiger partial charge on any atom is -0.311 e. The first-order valence-electron chi connectivity index (χ1n) is 5.78. The van der Waals surface area contributed by atoms with E-state index in [1.165, 1.54) is 22.9 Å². The molecule has 4 nitrogen and oxygen atoms in total. The SMILES string of the molecule is CCCNCc1cnnn1-c1cc(Cl)ccc1F. The number of nitrogens with zero attached hydrogens (tertiary/aromatic N) is 3. The maximum atomic E-state index is 13.7. The summed E-state index contributed by atoms with van der Waals surface area (Å²) in [5.74, 6) is -0.373. The summed E-state index contributed by atoms with van der Waals surface area (Å²) in [5, 5.41) is 11.4. The van der Waals surface area contributed by atoms with E-state index in [4.69, 9.17) is 11.6 Å². The van der Waals surface area contributed by atoms with Gasteiger partial charge in [0.25, 0.3) is 0 Å². The number of rotatable bonds is 5. The van der Waals surface area contributed by atoms with E-state index in [-0.39, 0.29) is 5.82 Å². The molecule has 1 aromatic heterocycles. The number of hydrogen-bond acceptors (Lipinski definition) is 3. The molecule has 96 valence electrons. The average Bonchev–Trinajstić information content (AvgIpc) is 2.81. The zero-order valence-corrected chi connectivity index (χ0v) is 10.8. The van der Waals surface area contributed by atoms with Crippen LogP contribution in [0.2, 0.25) is 5.02 Å². The summed E-state index contributed by atoms with van der Waals surface area (Å²) in [6.07, 6.45) is 2.65. The van der Waals surface area contributed by atoms with Gasteiger partial charge in [0.15, 0.2) is 0 Å². The summed E-state index contributed by atoms with van der Waals surface area (Å²) < 4.78 is 15.2. The van der Waals surface area contributed by atoms with Crippen molar-refractivity contribution in [1.82, 2.24) is 20.3 Å². The molecule has 0 amide bonds. The molecule has 1 N–H and O–H groups in total. The minimum atomic E-state index is -0.373. The van der Waals surface area contributed by atoms with Crippen LogP contribution in [0.15, 0.2) is 24.4 Å². The summed E-state index contributed by atoms with van der Waals surface area (Å²) in [5.41, 5.74) is 1.11. The van der Waals surface area contributed by atoms with Crippen LogP contribution in [0.3, 0.4) is 0 Å². The summed E-state index contributed by atoms with van der Waals surface area (Å²) in [7, 11) is 0. The highest BCUT2D eigenvalue weighted by Crippen LogP contribution is 2.19. The molecule has 18 heavy (non-hydrogen) atoms. The summed E-state index contributed by atoms with van der Waals surface area (Å²) in [6.45, 7) is 3.56. The lowest BCUT2D eigenvalue weighted by Gasteiger charge is -2.08. The molecular weight excluding hydrogens is 255 g/mol. The minimum absolute atomic E-state index is 0.313. The van der Waals surface area contributed by atoms with Crippen molar-refractivity contribution in [3.63, 3.8) is 0 Å². The van der Waals surface area contributed by atoms with Gasteiger partial charge in [-0.3, -0.25) is 0 Å². The van der Waals surface area contributed by atoms with Crippen molar-refractivity contribution < 1.29 is 4.39 Å². The number of benzene rings is 1. The van der Waals surface area contributed by atoms with Crippen LogP contribution in [0.5, 0.6) is 0 Å². The largest absolute Gasteiger partial charge is 0.311 e. The number of halogens is 2. The lowest BCUT2D eigenvalue weighted by molar-refractivity contribution is 0.592. The van der Waals surface area contributed by atoms with Gasteiger partial charge in [0, 0.05) is 11.6 Å². The molecule has 0 saturated heterocycles. The van der Waals surface area contributed by atoms with Crippen molar-refractivity contribution in [2.24, 2.45) is 0 Å².